The summed E-state index contributed by atoms with van der Waals surface area (Å²) in [5.41, 5.74) is 12.1. The molecule has 0 spiro atoms. The van der Waals surface area contributed by atoms with E-state index in [4.69, 9.17) is 4.42 Å². The summed E-state index contributed by atoms with van der Waals surface area (Å²) in [6, 6.07) is 72.4. The second kappa shape index (κ2) is 12.9. The number of fused-ring (bicyclic) bond motifs is 7. The van der Waals surface area contributed by atoms with E-state index in [1.54, 1.807) is 0 Å². The number of para-hydroxylation sites is 2. The zero-order chi connectivity index (χ0) is 36.3. The lowest BCUT2D eigenvalue weighted by molar-refractivity contribution is 0.669. The number of furan rings is 1. The molecule has 2 aromatic heterocycles. The van der Waals surface area contributed by atoms with Crippen LogP contribution in [0.15, 0.2) is 205 Å². The summed E-state index contributed by atoms with van der Waals surface area (Å²) in [5.74, 6) is 0. The Labute approximate surface area is 322 Å². The summed E-state index contributed by atoms with van der Waals surface area (Å²) < 4.78 is 8.85. The maximum absolute atomic E-state index is 6.22. The molecule has 0 atom stereocenters. The Morgan fingerprint density at radius 3 is 1.93 bits per heavy atom. The fourth-order valence-corrected chi connectivity index (χ4v) is 9.22. The van der Waals surface area contributed by atoms with Gasteiger partial charge in [0.05, 0.1) is 5.69 Å². The molecule has 0 amide bonds. The molecule has 0 aliphatic carbocycles. The lowest BCUT2D eigenvalue weighted by atomic mass is 9.98. The van der Waals surface area contributed by atoms with Crippen LogP contribution in [-0.2, 0) is 0 Å². The first-order chi connectivity index (χ1) is 27.2. The molecular formula is C52H33NOS. The van der Waals surface area contributed by atoms with Crippen LogP contribution in [0, 0.1) is 0 Å². The number of benzene rings is 9. The normalized spacial score (nSPS) is 11.6. The lowest BCUT2D eigenvalue weighted by Crippen LogP contribution is -2.11. The van der Waals surface area contributed by atoms with Gasteiger partial charge >= 0.3 is 0 Å². The topological polar surface area (TPSA) is 16.4 Å². The Morgan fingerprint density at radius 2 is 1.00 bits per heavy atom. The van der Waals surface area contributed by atoms with Gasteiger partial charge in [0.2, 0.25) is 0 Å². The van der Waals surface area contributed by atoms with Crippen LogP contribution >= 0.6 is 11.3 Å². The maximum Gasteiger partial charge on any atom is 0.135 e. The highest BCUT2D eigenvalue weighted by Gasteiger charge is 2.19. The fourth-order valence-electron chi connectivity index (χ4n) is 8.14. The first kappa shape index (κ1) is 31.6. The summed E-state index contributed by atoms with van der Waals surface area (Å²) >= 11 is 1.86. The Bertz CT molecular complexity index is 3220. The summed E-state index contributed by atoms with van der Waals surface area (Å²) in [6.45, 7) is 0. The molecule has 0 saturated heterocycles. The van der Waals surface area contributed by atoms with Crippen molar-refractivity contribution in [3.63, 3.8) is 0 Å². The lowest BCUT2D eigenvalue weighted by Gasteiger charge is -2.28. The van der Waals surface area contributed by atoms with Gasteiger partial charge in [-0.25, -0.2) is 0 Å². The highest BCUT2D eigenvalue weighted by molar-refractivity contribution is 7.25. The van der Waals surface area contributed by atoms with Gasteiger partial charge in [0.1, 0.15) is 11.2 Å². The zero-order valence-electron chi connectivity index (χ0n) is 29.8. The van der Waals surface area contributed by atoms with Crippen molar-refractivity contribution in [3.8, 4) is 33.4 Å². The number of hydrogen-bond donors (Lipinski definition) is 0. The van der Waals surface area contributed by atoms with E-state index in [9.17, 15) is 0 Å². The van der Waals surface area contributed by atoms with E-state index >= 15 is 0 Å². The summed E-state index contributed by atoms with van der Waals surface area (Å²) in [6.07, 6.45) is 0. The number of thiophene rings is 1. The minimum Gasteiger partial charge on any atom is -0.456 e. The van der Waals surface area contributed by atoms with Crippen molar-refractivity contribution in [1.29, 1.82) is 0 Å². The fraction of sp³-hybridized carbons (Fsp3) is 0. The van der Waals surface area contributed by atoms with Gasteiger partial charge in [-0.2, -0.15) is 0 Å². The second-order valence-electron chi connectivity index (χ2n) is 14.1. The Morgan fingerprint density at radius 1 is 0.345 bits per heavy atom. The van der Waals surface area contributed by atoms with E-state index in [2.05, 4.69) is 193 Å². The highest BCUT2D eigenvalue weighted by Crippen LogP contribution is 2.44. The summed E-state index contributed by atoms with van der Waals surface area (Å²) in [7, 11) is 0. The molecular weight excluding hydrogens is 687 g/mol. The van der Waals surface area contributed by atoms with Gasteiger partial charge in [-0.3, -0.25) is 0 Å². The molecule has 11 rings (SSSR count). The van der Waals surface area contributed by atoms with Crippen LogP contribution < -0.4 is 4.90 Å². The van der Waals surface area contributed by atoms with Gasteiger partial charge in [0.25, 0.3) is 0 Å². The van der Waals surface area contributed by atoms with Gasteiger partial charge in [0, 0.05) is 47.9 Å². The summed E-state index contributed by atoms with van der Waals surface area (Å²) in [5, 5.41) is 7.35. The predicted octanol–water partition coefficient (Wildman–Crippen LogP) is 15.6. The average Bonchev–Trinajstić information content (AvgIpc) is 3.82. The molecule has 2 nitrogen and oxygen atoms in total. The minimum atomic E-state index is 0.895. The Hall–Kier alpha value is -6.94. The van der Waals surface area contributed by atoms with Crippen LogP contribution in [0.1, 0.15) is 0 Å². The van der Waals surface area contributed by atoms with Gasteiger partial charge in [-0.05, 0) is 111 Å². The van der Waals surface area contributed by atoms with Crippen molar-refractivity contribution in [2.24, 2.45) is 0 Å². The van der Waals surface area contributed by atoms with Crippen LogP contribution in [0.2, 0.25) is 0 Å². The molecule has 0 saturated carbocycles. The van der Waals surface area contributed by atoms with E-state index < -0.39 is 0 Å². The molecule has 0 N–H and O–H groups in total. The summed E-state index contributed by atoms with van der Waals surface area (Å²) in [4.78, 5) is 2.40. The second-order valence-corrected chi connectivity index (χ2v) is 15.2. The predicted molar refractivity (Wildman–Crippen MR) is 235 cm³/mol. The zero-order valence-corrected chi connectivity index (χ0v) is 30.6. The Kier molecular flexibility index (Phi) is 7.39. The van der Waals surface area contributed by atoms with E-state index in [1.165, 1.54) is 53.2 Å². The van der Waals surface area contributed by atoms with Crippen LogP contribution in [0.4, 0.5) is 17.1 Å². The first-order valence-electron chi connectivity index (χ1n) is 18.7. The molecule has 0 aliphatic heterocycles. The quantitative estimate of drug-likeness (QED) is 0.170. The molecule has 55 heavy (non-hydrogen) atoms. The van der Waals surface area contributed by atoms with Crippen molar-refractivity contribution >= 4 is 81.3 Å². The largest absolute Gasteiger partial charge is 0.456 e. The van der Waals surface area contributed by atoms with Crippen molar-refractivity contribution in [1.82, 2.24) is 0 Å². The molecule has 0 aliphatic rings. The SMILES string of the molecule is c1cc(-c2ccc3sc4ccccc4c3c2)cc(N(c2ccc(-c3ccc4ccccc4c3)cc2)c2ccccc2-c2ccc3oc4ccccc4c3c2)c1. The molecule has 2 heterocycles. The van der Waals surface area contributed by atoms with Crippen LogP contribution in [0.5, 0.6) is 0 Å². The number of hydrogen-bond acceptors (Lipinski definition) is 3. The van der Waals surface area contributed by atoms with Crippen molar-refractivity contribution < 1.29 is 4.42 Å². The average molecular weight is 720 g/mol. The molecule has 258 valence electrons. The number of rotatable bonds is 6. The molecule has 0 radical (unpaired) electrons. The molecule has 3 heteroatoms. The number of anilines is 3. The van der Waals surface area contributed by atoms with Gasteiger partial charge in [0.15, 0.2) is 0 Å². The van der Waals surface area contributed by atoms with Gasteiger partial charge in [-0.1, -0.05) is 127 Å². The van der Waals surface area contributed by atoms with Crippen molar-refractivity contribution in [3.05, 3.63) is 200 Å². The van der Waals surface area contributed by atoms with Crippen molar-refractivity contribution in [2.45, 2.75) is 0 Å². The van der Waals surface area contributed by atoms with E-state index in [1.807, 2.05) is 23.5 Å². The first-order valence-corrected chi connectivity index (χ1v) is 19.5. The molecule has 9 aromatic carbocycles. The number of nitrogens with zero attached hydrogens (tertiary/aromatic N) is 1. The van der Waals surface area contributed by atoms with Gasteiger partial charge in [-0.15, -0.1) is 11.3 Å². The minimum absolute atomic E-state index is 0.895. The van der Waals surface area contributed by atoms with Crippen LogP contribution in [0.25, 0.3) is 86.3 Å². The van der Waals surface area contributed by atoms with E-state index in [0.29, 0.717) is 0 Å². The van der Waals surface area contributed by atoms with Crippen molar-refractivity contribution in [2.75, 3.05) is 4.90 Å². The molecule has 0 bridgehead atoms. The van der Waals surface area contributed by atoms with Crippen LogP contribution in [0.3, 0.4) is 0 Å². The third kappa shape index (κ3) is 5.48. The maximum atomic E-state index is 6.22. The molecule has 11 aromatic rings. The third-order valence-corrected chi connectivity index (χ3v) is 12.0. The molecule has 0 unspecified atom stereocenters. The highest BCUT2D eigenvalue weighted by atomic mass is 32.1. The molecule has 0 fully saturated rings. The third-order valence-electron chi connectivity index (χ3n) is 10.9. The van der Waals surface area contributed by atoms with E-state index in [0.717, 1.165) is 50.1 Å². The standard InChI is InChI=1S/C52H33NOS/c1-2-11-36-30-38(21-20-34(36)10-1)35-22-26-41(27-23-35)53(42-13-9-12-37(31-42)39-25-29-52-47(32-39)45-16-5-8-19-51(45)55-52)48-17-6-3-14-43(48)40-24-28-50-46(33-40)44-15-4-7-18-49(44)54-50/h1-33H. The van der Waals surface area contributed by atoms with Crippen LogP contribution in [-0.4, -0.2) is 0 Å². The van der Waals surface area contributed by atoms with E-state index in [-0.39, 0.29) is 0 Å². The van der Waals surface area contributed by atoms with Gasteiger partial charge < -0.3 is 9.32 Å². The monoisotopic (exact) mass is 719 g/mol. The smallest absolute Gasteiger partial charge is 0.135 e. The Balaban J connectivity index is 1.07.